The predicted molar refractivity (Wildman–Crippen MR) is 72.8 cm³/mol. The first-order valence-electron chi connectivity index (χ1n) is 6.22. The number of hydrogen-bond acceptors (Lipinski definition) is 3. The number of piperidine rings is 1. The molecule has 1 N–H and O–H groups in total. The standard InChI is InChI=1S/C14H17NO2S/c1-11-10-13(18-12(11)6-5-9-16)14(17)15-7-3-2-4-8-15/h10,16H,2-4,7-9H2,1H3. The molecule has 1 aromatic heterocycles. The first kappa shape index (κ1) is 13.1. The molecule has 0 aliphatic carbocycles. The van der Waals surface area contributed by atoms with Crippen LogP contribution in [0.5, 0.6) is 0 Å². The van der Waals surface area contributed by atoms with Crippen molar-refractivity contribution in [1.29, 1.82) is 0 Å². The molecule has 1 aliphatic heterocycles. The van der Waals surface area contributed by atoms with E-state index < -0.39 is 0 Å². The van der Waals surface area contributed by atoms with E-state index in [4.69, 9.17) is 5.11 Å². The van der Waals surface area contributed by atoms with Gasteiger partial charge >= 0.3 is 0 Å². The first-order valence-corrected chi connectivity index (χ1v) is 7.03. The lowest BCUT2D eigenvalue weighted by molar-refractivity contribution is 0.0729. The van der Waals surface area contributed by atoms with E-state index in [0.29, 0.717) is 0 Å². The van der Waals surface area contributed by atoms with Crippen LogP contribution in [-0.4, -0.2) is 35.6 Å². The van der Waals surface area contributed by atoms with Gasteiger partial charge in [0.15, 0.2) is 0 Å². The largest absolute Gasteiger partial charge is 0.384 e. The van der Waals surface area contributed by atoms with Gasteiger partial charge in [0.25, 0.3) is 5.91 Å². The zero-order valence-corrected chi connectivity index (χ0v) is 11.3. The fraction of sp³-hybridized carbons (Fsp3) is 0.500. The molecule has 3 nitrogen and oxygen atoms in total. The van der Waals surface area contributed by atoms with Gasteiger partial charge in [0.05, 0.1) is 9.75 Å². The molecule has 0 spiro atoms. The summed E-state index contributed by atoms with van der Waals surface area (Å²) >= 11 is 1.43. The fourth-order valence-electron chi connectivity index (χ4n) is 2.08. The fourth-order valence-corrected chi connectivity index (χ4v) is 3.10. The van der Waals surface area contributed by atoms with Gasteiger partial charge in [-0.05, 0) is 37.8 Å². The van der Waals surface area contributed by atoms with E-state index in [1.807, 2.05) is 17.9 Å². The van der Waals surface area contributed by atoms with Gasteiger partial charge in [-0.1, -0.05) is 11.8 Å². The van der Waals surface area contributed by atoms with Crippen molar-refractivity contribution in [1.82, 2.24) is 4.90 Å². The summed E-state index contributed by atoms with van der Waals surface area (Å²) in [6.07, 6.45) is 3.43. The highest BCUT2D eigenvalue weighted by Crippen LogP contribution is 2.23. The van der Waals surface area contributed by atoms with E-state index in [9.17, 15) is 4.79 Å². The SMILES string of the molecule is Cc1cc(C(=O)N2CCCCC2)sc1C#CCO. The molecule has 0 radical (unpaired) electrons. The zero-order chi connectivity index (χ0) is 13.0. The first-order chi connectivity index (χ1) is 8.72. The molecule has 96 valence electrons. The van der Waals surface area contributed by atoms with Gasteiger partial charge < -0.3 is 10.0 Å². The molecule has 0 saturated carbocycles. The van der Waals surface area contributed by atoms with Crippen molar-refractivity contribution in [3.63, 3.8) is 0 Å². The maximum atomic E-state index is 12.3. The summed E-state index contributed by atoms with van der Waals surface area (Å²) in [6, 6.07) is 1.91. The molecule has 1 amide bonds. The Hall–Kier alpha value is -1.31. The minimum atomic E-state index is -0.146. The van der Waals surface area contributed by atoms with Crippen LogP contribution in [0, 0.1) is 18.8 Å². The third kappa shape index (κ3) is 2.92. The number of thiophene rings is 1. The Morgan fingerprint density at radius 1 is 1.44 bits per heavy atom. The highest BCUT2D eigenvalue weighted by atomic mass is 32.1. The van der Waals surface area contributed by atoms with Crippen LogP contribution in [0.25, 0.3) is 0 Å². The lowest BCUT2D eigenvalue weighted by atomic mass is 10.1. The smallest absolute Gasteiger partial charge is 0.263 e. The summed E-state index contributed by atoms with van der Waals surface area (Å²) in [4.78, 5) is 15.8. The minimum absolute atomic E-state index is 0.125. The van der Waals surface area contributed by atoms with Crippen LogP contribution in [0.1, 0.15) is 39.4 Å². The Bertz CT molecular complexity index is 490. The molecule has 1 aromatic rings. The van der Waals surface area contributed by atoms with Crippen LogP contribution < -0.4 is 0 Å². The quantitative estimate of drug-likeness (QED) is 0.788. The second-order valence-corrected chi connectivity index (χ2v) is 5.49. The number of rotatable bonds is 1. The van der Waals surface area contributed by atoms with Crippen LogP contribution >= 0.6 is 11.3 Å². The Balaban J connectivity index is 2.15. The number of amides is 1. The Morgan fingerprint density at radius 3 is 2.83 bits per heavy atom. The van der Waals surface area contributed by atoms with E-state index in [2.05, 4.69) is 11.8 Å². The van der Waals surface area contributed by atoms with Crippen LogP contribution in [0.3, 0.4) is 0 Å². The maximum Gasteiger partial charge on any atom is 0.263 e. The summed E-state index contributed by atoms with van der Waals surface area (Å²) in [7, 11) is 0. The second kappa shape index (κ2) is 6.03. The van der Waals surface area contributed by atoms with E-state index in [1.165, 1.54) is 17.8 Å². The summed E-state index contributed by atoms with van der Waals surface area (Å²) in [5, 5.41) is 8.69. The Morgan fingerprint density at radius 2 is 2.17 bits per heavy atom. The number of aliphatic hydroxyl groups is 1. The van der Waals surface area contributed by atoms with E-state index in [1.54, 1.807) is 0 Å². The molecule has 18 heavy (non-hydrogen) atoms. The third-order valence-corrected chi connectivity index (χ3v) is 4.19. The van der Waals surface area contributed by atoms with Crippen molar-refractivity contribution >= 4 is 17.2 Å². The molecule has 0 aromatic carbocycles. The van der Waals surface area contributed by atoms with Crippen molar-refractivity contribution in [2.75, 3.05) is 19.7 Å². The van der Waals surface area contributed by atoms with Gasteiger partial charge in [-0.3, -0.25) is 4.79 Å². The average molecular weight is 263 g/mol. The summed E-state index contributed by atoms with van der Waals surface area (Å²) < 4.78 is 0. The molecule has 4 heteroatoms. The third-order valence-electron chi connectivity index (χ3n) is 3.05. The van der Waals surface area contributed by atoms with Gasteiger partial charge in [0.2, 0.25) is 0 Å². The van der Waals surface area contributed by atoms with Gasteiger partial charge in [0, 0.05) is 13.1 Å². The average Bonchev–Trinajstić information content (AvgIpc) is 2.78. The van der Waals surface area contributed by atoms with Crippen molar-refractivity contribution < 1.29 is 9.90 Å². The zero-order valence-electron chi connectivity index (χ0n) is 10.5. The molecule has 0 atom stereocenters. The summed E-state index contributed by atoms with van der Waals surface area (Å²) in [5.74, 6) is 5.64. The van der Waals surface area contributed by atoms with Crippen molar-refractivity contribution in [3.8, 4) is 11.8 Å². The predicted octanol–water partition coefficient (Wildman–Crippen LogP) is 2.03. The molecule has 2 rings (SSSR count). The monoisotopic (exact) mass is 263 g/mol. The Labute approximate surface area is 111 Å². The van der Waals surface area contributed by atoms with Crippen LogP contribution in [0.15, 0.2) is 6.07 Å². The highest BCUT2D eigenvalue weighted by molar-refractivity contribution is 7.14. The molecule has 1 aliphatic rings. The topological polar surface area (TPSA) is 40.5 Å². The maximum absolute atomic E-state index is 12.3. The lowest BCUT2D eigenvalue weighted by Crippen LogP contribution is -2.35. The van der Waals surface area contributed by atoms with Crippen molar-refractivity contribution in [3.05, 3.63) is 21.4 Å². The van der Waals surface area contributed by atoms with Gasteiger partial charge in [-0.25, -0.2) is 0 Å². The molecule has 0 unspecified atom stereocenters. The lowest BCUT2D eigenvalue weighted by Gasteiger charge is -2.26. The summed E-state index contributed by atoms with van der Waals surface area (Å²) in [5.41, 5.74) is 1.02. The Kier molecular flexibility index (Phi) is 4.40. The van der Waals surface area contributed by atoms with Crippen molar-refractivity contribution in [2.45, 2.75) is 26.2 Å². The number of carbonyl (C=O) groups excluding carboxylic acids is 1. The minimum Gasteiger partial charge on any atom is -0.384 e. The van der Waals surface area contributed by atoms with Gasteiger partial charge in [0.1, 0.15) is 6.61 Å². The van der Waals surface area contributed by atoms with Crippen LogP contribution in [-0.2, 0) is 0 Å². The normalized spacial score (nSPS) is 15.1. The van der Waals surface area contributed by atoms with Crippen LogP contribution in [0.2, 0.25) is 0 Å². The number of hydrogen-bond donors (Lipinski definition) is 1. The number of nitrogens with zero attached hydrogens (tertiary/aromatic N) is 1. The molecular weight excluding hydrogens is 246 g/mol. The molecule has 1 saturated heterocycles. The number of carbonyl (C=O) groups is 1. The van der Waals surface area contributed by atoms with Gasteiger partial charge in [-0.15, -0.1) is 11.3 Å². The number of aryl methyl sites for hydroxylation is 1. The van der Waals surface area contributed by atoms with E-state index >= 15 is 0 Å². The van der Waals surface area contributed by atoms with Crippen LogP contribution in [0.4, 0.5) is 0 Å². The molecule has 2 heterocycles. The molecular formula is C14H17NO2S. The number of aliphatic hydroxyl groups excluding tert-OH is 1. The summed E-state index contributed by atoms with van der Waals surface area (Å²) in [6.45, 7) is 3.54. The molecule has 1 fully saturated rings. The van der Waals surface area contributed by atoms with E-state index in [0.717, 1.165) is 41.2 Å². The molecule has 0 bridgehead atoms. The highest BCUT2D eigenvalue weighted by Gasteiger charge is 2.20. The number of likely N-dealkylation sites (tertiary alicyclic amines) is 1. The van der Waals surface area contributed by atoms with Gasteiger partial charge in [-0.2, -0.15) is 0 Å². The van der Waals surface area contributed by atoms with E-state index in [-0.39, 0.29) is 12.5 Å². The second-order valence-electron chi connectivity index (χ2n) is 4.44. The van der Waals surface area contributed by atoms with Crippen molar-refractivity contribution in [2.24, 2.45) is 0 Å².